The summed E-state index contributed by atoms with van der Waals surface area (Å²) < 4.78 is 11.2. The topological polar surface area (TPSA) is 30.5 Å². The van der Waals surface area contributed by atoms with E-state index in [4.69, 9.17) is 9.47 Å². The van der Waals surface area contributed by atoms with E-state index < -0.39 is 0 Å². The molecule has 0 aliphatic carbocycles. The van der Waals surface area contributed by atoms with Gasteiger partial charge in [-0.1, -0.05) is 20.8 Å². The van der Waals surface area contributed by atoms with E-state index in [1.54, 1.807) is 0 Å². The van der Waals surface area contributed by atoms with Crippen molar-refractivity contribution >= 4 is 0 Å². The van der Waals surface area contributed by atoms with Crippen LogP contribution in [0, 0.1) is 11.8 Å². The lowest BCUT2D eigenvalue weighted by atomic mass is 10.00. The van der Waals surface area contributed by atoms with Crippen molar-refractivity contribution in [2.45, 2.75) is 46.1 Å². The Kier molecular flexibility index (Phi) is 7.82. The minimum atomic E-state index is 0.474. The molecule has 0 aromatic heterocycles. The number of hydrogen-bond acceptors (Lipinski definition) is 3. The van der Waals surface area contributed by atoms with E-state index in [0.29, 0.717) is 12.0 Å². The molecule has 1 heterocycles. The third-order valence-corrected chi connectivity index (χ3v) is 3.37. The molecule has 17 heavy (non-hydrogen) atoms. The molecular formula is C14H29NO2. The fraction of sp³-hybridized carbons (Fsp3) is 1.00. The van der Waals surface area contributed by atoms with Crippen LogP contribution >= 0.6 is 0 Å². The predicted molar refractivity (Wildman–Crippen MR) is 71.3 cm³/mol. The van der Waals surface area contributed by atoms with Gasteiger partial charge in [-0.05, 0) is 31.7 Å². The van der Waals surface area contributed by atoms with Crippen molar-refractivity contribution in [3.05, 3.63) is 0 Å². The summed E-state index contributed by atoms with van der Waals surface area (Å²) in [7, 11) is 0. The van der Waals surface area contributed by atoms with Crippen molar-refractivity contribution in [1.29, 1.82) is 0 Å². The van der Waals surface area contributed by atoms with Crippen LogP contribution in [0.25, 0.3) is 0 Å². The average molecular weight is 243 g/mol. The maximum absolute atomic E-state index is 5.79. The van der Waals surface area contributed by atoms with Gasteiger partial charge in [0.05, 0.1) is 13.2 Å². The zero-order valence-electron chi connectivity index (χ0n) is 11.7. The first-order chi connectivity index (χ1) is 8.24. The molecule has 1 aliphatic rings. The van der Waals surface area contributed by atoms with Gasteiger partial charge in [0, 0.05) is 25.2 Å². The van der Waals surface area contributed by atoms with E-state index in [1.165, 1.54) is 19.3 Å². The lowest BCUT2D eigenvalue weighted by Gasteiger charge is -2.23. The van der Waals surface area contributed by atoms with E-state index in [-0.39, 0.29) is 0 Å². The number of nitrogens with one attached hydrogen (secondary N) is 1. The number of likely N-dealkylation sites (N-methyl/N-ethyl adjacent to an activating group) is 1. The van der Waals surface area contributed by atoms with E-state index >= 15 is 0 Å². The zero-order valence-corrected chi connectivity index (χ0v) is 11.7. The molecule has 0 spiro atoms. The Morgan fingerprint density at radius 2 is 2.24 bits per heavy atom. The van der Waals surface area contributed by atoms with Crippen LogP contribution in [-0.4, -0.2) is 39.0 Å². The molecule has 0 amide bonds. The summed E-state index contributed by atoms with van der Waals surface area (Å²) >= 11 is 0. The average Bonchev–Trinajstić information content (AvgIpc) is 2.80. The molecule has 1 fully saturated rings. The van der Waals surface area contributed by atoms with Gasteiger partial charge in [0.25, 0.3) is 0 Å². The van der Waals surface area contributed by atoms with E-state index in [0.717, 1.165) is 38.9 Å². The second-order valence-electron chi connectivity index (χ2n) is 5.40. The molecule has 102 valence electrons. The summed E-state index contributed by atoms with van der Waals surface area (Å²) in [5.41, 5.74) is 0. The van der Waals surface area contributed by atoms with Gasteiger partial charge in [0.2, 0.25) is 0 Å². The minimum Gasteiger partial charge on any atom is -0.381 e. The highest BCUT2D eigenvalue weighted by atomic mass is 16.5. The molecule has 1 saturated heterocycles. The van der Waals surface area contributed by atoms with Crippen LogP contribution in [0.4, 0.5) is 0 Å². The lowest BCUT2D eigenvalue weighted by molar-refractivity contribution is 0.0840. The van der Waals surface area contributed by atoms with Gasteiger partial charge < -0.3 is 14.8 Å². The zero-order chi connectivity index (χ0) is 12.5. The number of rotatable bonds is 9. The van der Waals surface area contributed by atoms with Crippen LogP contribution in [-0.2, 0) is 9.47 Å². The SMILES string of the molecule is CCNC(COCCCC(C)C)C1CCOC1. The Hall–Kier alpha value is -0.120. The first-order valence-electron chi connectivity index (χ1n) is 7.13. The summed E-state index contributed by atoms with van der Waals surface area (Å²) in [6.07, 6.45) is 3.61. The second-order valence-corrected chi connectivity index (χ2v) is 5.40. The van der Waals surface area contributed by atoms with Gasteiger partial charge >= 0.3 is 0 Å². The molecule has 0 bridgehead atoms. The fourth-order valence-electron chi connectivity index (χ4n) is 2.30. The summed E-state index contributed by atoms with van der Waals surface area (Å²) in [6.45, 7) is 11.2. The van der Waals surface area contributed by atoms with Crippen LogP contribution in [0.1, 0.15) is 40.0 Å². The lowest BCUT2D eigenvalue weighted by Crippen LogP contribution is -2.40. The van der Waals surface area contributed by atoms with Crippen LogP contribution in [0.15, 0.2) is 0 Å². The maximum Gasteiger partial charge on any atom is 0.0623 e. The molecule has 1 rings (SSSR count). The van der Waals surface area contributed by atoms with Crippen molar-refractivity contribution in [2.75, 3.05) is 33.0 Å². The first kappa shape index (κ1) is 14.9. The Labute approximate surface area is 106 Å². The molecule has 3 heteroatoms. The van der Waals surface area contributed by atoms with Crippen molar-refractivity contribution in [1.82, 2.24) is 5.32 Å². The number of hydrogen-bond donors (Lipinski definition) is 1. The van der Waals surface area contributed by atoms with Gasteiger partial charge in [-0.3, -0.25) is 0 Å². The van der Waals surface area contributed by atoms with Gasteiger partial charge in [-0.15, -0.1) is 0 Å². The highest BCUT2D eigenvalue weighted by molar-refractivity contribution is 4.78. The van der Waals surface area contributed by atoms with Gasteiger partial charge in [-0.25, -0.2) is 0 Å². The van der Waals surface area contributed by atoms with Crippen molar-refractivity contribution < 1.29 is 9.47 Å². The molecule has 1 aliphatic heterocycles. The van der Waals surface area contributed by atoms with Crippen LogP contribution in [0.5, 0.6) is 0 Å². The monoisotopic (exact) mass is 243 g/mol. The van der Waals surface area contributed by atoms with E-state index in [2.05, 4.69) is 26.1 Å². The minimum absolute atomic E-state index is 0.474. The summed E-state index contributed by atoms with van der Waals surface area (Å²) in [6, 6.07) is 0.474. The van der Waals surface area contributed by atoms with Crippen LogP contribution < -0.4 is 5.32 Å². The largest absolute Gasteiger partial charge is 0.381 e. The molecule has 0 radical (unpaired) electrons. The second kappa shape index (κ2) is 8.90. The summed E-state index contributed by atoms with van der Waals surface area (Å²) in [4.78, 5) is 0. The quantitative estimate of drug-likeness (QED) is 0.631. The molecular weight excluding hydrogens is 214 g/mol. The first-order valence-corrected chi connectivity index (χ1v) is 7.13. The molecule has 2 atom stereocenters. The van der Waals surface area contributed by atoms with Gasteiger partial charge in [0.1, 0.15) is 0 Å². The standard InChI is InChI=1S/C14H29NO2/c1-4-15-14(13-7-9-17-10-13)11-16-8-5-6-12(2)3/h12-15H,4-11H2,1-3H3. The number of ether oxygens (including phenoxy) is 2. The van der Waals surface area contributed by atoms with E-state index in [1.807, 2.05) is 0 Å². The predicted octanol–water partition coefficient (Wildman–Crippen LogP) is 2.45. The molecule has 2 unspecified atom stereocenters. The Morgan fingerprint density at radius 3 is 2.82 bits per heavy atom. The molecule has 0 aromatic rings. The van der Waals surface area contributed by atoms with Gasteiger partial charge in [0.15, 0.2) is 0 Å². The van der Waals surface area contributed by atoms with Crippen molar-refractivity contribution in [2.24, 2.45) is 11.8 Å². The van der Waals surface area contributed by atoms with Crippen molar-refractivity contribution in [3.8, 4) is 0 Å². The third-order valence-electron chi connectivity index (χ3n) is 3.37. The smallest absolute Gasteiger partial charge is 0.0623 e. The fourth-order valence-corrected chi connectivity index (χ4v) is 2.30. The normalized spacial score (nSPS) is 22.2. The molecule has 1 N–H and O–H groups in total. The Morgan fingerprint density at radius 1 is 1.41 bits per heavy atom. The Bertz CT molecular complexity index is 179. The molecule has 3 nitrogen and oxygen atoms in total. The van der Waals surface area contributed by atoms with E-state index in [9.17, 15) is 0 Å². The summed E-state index contributed by atoms with van der Waals surface area (Å²) in [5, 5.41) is 3.52. The Balaban J connectivity index is 2.11. The molecule has 0 aromatic carbocycles. The summed E-state index contributed by atoms with van der Waals surface area (Å²) in [5.74, 6) is 1.42. The highest BCUT2D eigenvalue weighted by Gasteiger charge is 2.24. The third kappa shape index (κ3) is 6.39. The maximum atomic E-state index is 5.79. The van der Waals surface area contributed by atoms with Crippen LogP contribution in [0.2, 0.25) is 0 Å². The van der Waals surface area contributed by atoms with Gasteiger partial charge in [-0.2, -0.15) is 0 Å². The van der Waals surface area contributed by atoms with Crippen LogP contribution in [0.3, 0.4) is 0 Å². The highest BCUT2D eigenvalue weighted by Crippen LogP contribution is 2.17. The molecule has 0 saturated carbocycles. The van der Waals surface area contributed by atoms with Crippen molar-refractivity contribution in [3.63, 3.8) is 0 Å².